The molecule has 0 radical (unpaired) electrons. The molecule has 140 valence electrons. The number of amides is 2. The first-order chi connectivity index (χ1) is 12.3. The molecular formula is C18H24N4O3S. The standard InChI is InChI=1S/C18H24N4O3S/c1-5-19-14(23)10-20-15(24)11-26-17-22-21-16(25-17)12-6-8-13(9-7-12)18(2,3)4/h6-9H,5,10-11H2,1-4H3,(H,19,23)(H,20,24). The topological polar surface area (TPSA) is 97.1 Å². The minimum Gasteiger partial charge on any atom is -0.411 e. The number of carbonyl (C=O) groups excluding carboxylic acids is 2. The number of nitrogens with one attached hydrogen (secondary N) is 2. The van der Waals surface area contributed by atoms with Gasteiger partial charge in [-0.2, -0.15) is 0 Å². The number of rotatable bonds is 7. The van der Waals surface area contributed by atoms with Gasteiger partial charge in [-0.1, -0.05) is 44.7 Å². The summed E-state index contributed by atoms with van der Waals surface area (Å²) in [6, 6.07) is 7.98. The van der Waals surface area contributed by atoms with Crippen molar-refractivity contribution in [1.82, 2.24) is 20.8 Å². The van der Waals surface area contributed by atoms with Crippen molar-refractivity contribution in [2.75, 3.05) is 18.8 Å². The van der Waals surface area contributed by atoms with E-state index < -0.39 is 0 Å². The Morgan fingerprint density at radius 3 is 2.38 bits per heavy atom. The Labute approximate surface area is 157 Å². The summed E-state index contributed by atoms with van der Waals surface area (Å²) in [5, 5.41) is 13.4. The summed E-state index contributed by atoms with van der Waals surface area (Å²) in [5.74, 6) is 0.0279. The smallest absolute Gasteiger partial charge is 0.277 e. The number of aromatic nitrogens is 2. The Morgan fingerprint density at radius 1 is 1.08 bits per heavy atom. The molecule has 0 fully saturated rings. The molecule has 0 aliphatic carbocycles. The Balaban J connectivity index is 1.87. The molecule has 1 heterocycles. The van der Waals surface area contributed by atoms with Crippen LogP contribution in [0.25, 0.3) is 11.5 Å². The normalized spacial score (nSPS) is 11.2. The summed E-state index contributed by atoms with van der Waals surface area (Å²) in [6.45, 7) is 8.77. The molecule has 1 aromatic carbocycles. The highest BCUT2D eigenvalue weighted by atomic mass is 32.2. The summed E-state index contributed by atoms with van der Waals surface area (Å²) >= 11 is 1.13. The van der Waals surface area contributed by atoms with Crippen LogP contribution in [-0.4, -0.2) is 40.9 Å². The van der Waals surface area contributed by atoms with E-state index in [0.29, 0.717) is 17.7 Å². The van der Waals surface area contributed by atoms with Crippen molar-refractivity contribution in [3.63, 3.8) is 0 Å². The van der Waals surface area contributed by atoms with Gasteiger partial charge < -0.3 is 15.1 Å². The van der Waals surface area contributed by atoms with Gasteiger partial charge in [0, 0.05) is 12.1 Å². The zero-order valence-corrected chi connectivity index (χ0v) is 16.3. The highest BCUT2D eigenvalue weighted by Crippen LogP contribution is 2.27. The fourth-order valence-corrected chi connectivity index (χ4v) is 2.71. The first-order valence-electron chi connectivity index (χ1n) is 8.40. The van der Waals surface area contributed by atoms with Crippen LogP contribution in [0.4, 0.5) is 0 Å². The van der Waals surface area contributed by atoms with Gasteiger partial charge in [0.1, 0.15) is 0 Å². The molecule has 7 nitrogen and oxygen atoms in total. The van der Waals surface area contributed by atoms with Crippen molar-refractivity contribution in [2.24, 2.45) is 0 Å². The number of hydrogen-bond acceptors (Lipinski definition) is 6. The van der Waals surface area contributed by atoms with E-state index >= 15 is 0 Å². The fourth-order valence-electron chi connectivity index (χ4n) is 2.11. The molecule has 0 aliphatic heterocycles. The van der Waals surface area contributed by atoms with Crippen molar-refractivity contribution in [3.05, 3.63) is 29.8 Å². The van der Waals surface area contributed by atoms with Crippen LogP contribution in [-0.2, 0) is 15.0 Å². The summed E-state index contributed by atoms with van der Waals surface area (Å²) < 4.78 is 5.59. The van der Waals surface area contributed by atoms with Crippen LogP contribution in [0.15, 0.2) is 33.9 Å². The monoisotopic (exact) mass is 376 g/mol. The highest BCUT2D eigenvalue weighted by molar-refractivity contribution is 7.99. The number of hydrogen-bond donors (Lipinski definition) is 2. The second kappa shape index (κ2) is 8.84. The van der Waals surface area contributed by atoms with Gasteiger partial charge in [0.2, 0.25) is 17.7 Å². The van der Waals surface area contributed by atoms with Crippen LogP contribution in [0.2, 0.25) is 0 Å². The minimum atomic E-state index is -0.268. The Kier molecular flexibility index (Phi) is 6.79. The van der Waals surface area contributed by atoms with Gasteiger partial charge in [0.15, 0.2) is 0 Å². The summed E-state index contributed by atoms with van der Waals surface area (Å²) in [4.78, 5) is 23.0. The van der Waals surface area contributed by atoms with Crippen molar-refractivity contribution in [1.29, 1.82) is 0 Å². The molecule has 1 aromatic heterocycles. The lowest BCUT2D eigenvalue weighted by molar-refractivity contribution is -0.124. The summed E-state index contributed by atoms with van der Waals surface area (Å²) in [6.07, 6.45) is 0. The molecule has 2 aromatic rings. The fraction of sp³-hybridized carbons (Fsp3) is 0.444. The number of carbonyl (C=O) groups is 2. The van der Waals surface area contributed by atoms with E-state index in [-0.39, 0.29) is 29.5 Å². The average molecular weight is 376 g/mol. The molecule has 8 heteroatoms. The zero-order valence-electron chi connectivity index (χ0n) is 15.5. The minimum absolute atomic E-state index is 0.0392. The maximum absolute atomic E-state index is 11.7. The molecule has 2 N–H and O–H groups in total. The van der Waals surface area contributed by atoms with E-state index in [4.69, 9.17) is 4.42 Å². The lowest BCUT2D eigenvalue weighted by atomic mass is 9.87. The van der Waals surface area contributed by atoms with Crippen molar-refractivity contribution in [3.8, 4) is 11.5 Å². The van der Waals surface area contributed by atoms with Gasteiger partial charge in [-0.15, -0.1) is 10.2 Å². The van der Waals surface area contributed by atoms with Crippen molar-refractivity contribution in [2.45, 2.75) is 38.3 Å². The molecule has 0 unspecified atom stereocenters. The average Bonchev–Trinajstić information content (AvgIpc) is 3.07. The van der Waals surface area contributed by atoms with Crippen LogP contribution < -0.4 is 10.6 Å². The maximum Gasteiger partial charge on any atom is 0.277 e. The first kappa shape index (κ1) is 20.0. The largest absolute Gasteiger partial charge is 0.411 e. The van der Waals surface area contributed by atoms with E-state index in [1.807, 2.05) is 31.2 Å². The molecule has 0 atom stereocenters. The van der Waals surface area contributed by atoms with Gasteiger partial charge in [-0.05, 0) is 30.0 Å². The number of likely N-dealkylation sites (N-methyl/N-ethyl adjacent to an activating group) is 1. The highest BCUT2D eigenvalue weighted by Gasteiger charge is 2.15. The molecule has 2 rings (SSSR count). The molecule has 2 amide bonds. The molecule has 26 heavy (non-hydrogen) atoms. The third-order valence-corrected chi connectivity index (χ3v) is 4.37. The lowest BCUT2D eigenvalue weighted by Crippen LogP contribution is -2.37. The number of benzene rings is 1. The van der Waals surface area contributed by atoms with Crippen LogP contribution in [0.1, 0.15) is 33.3 Å². The van der Waals surface area contributed by atoms with Gasteiger partial charge in [-0.3, -0.25) is 9.59 Å². The van der Waals surface area contributed by atoms with Gasteiger partial charge >= 0.3 is 0 Å². The molecular weight excluding hydrogens is 352 g/mol. The maximum atomic E-state index is 11.7. The molecule has 0 saturated carbocycles. The van der Waals surface area contributed by atoms with Crippen LogP contribution in [0.5, 0.6) is 0 Å². The van der Waals surface area contributed by atoms with Crippen LogP contribution in [0.3, 0.4) is 0 Å². The predicted molar refractivity (Wildman–Crippen MR) is 101 cm³/mol. The molecule has 0 saturated heterocycles. The molecule has 0 bridgehead atoms. The van der Waals surface area contributed by atoms with Gasteiger partial charge in [-0.25, -0.2) is 0 Å². The first-order valence-corrected chi connectivity index (χ1v) is 9.38. The third kappa shape index (κ3) is 5.87. The van der Waals surface area contributed by atoms with Crippen molar-refractivity contribution >= 4 is 23.6 Å². The summed E-state index contributed by atoms with van der Waals surface area (Å²) in [5.41, 5.74) is 2.13. The van der Waals surface area contributed by atoms with Crippen LogP contribution in [0, 0.1) is 0 Å². The van der Waals surface area contributed by atoms with E-state index in [1.165, 1.54) is 5.56 Å². The lowest BCUT2D eigenvalue weighted by Gasteiger charge is -2.18. The van der Waals surface area contributed by atoms with Gasteiger partial charge in [0.05, 0.1) is 12.3 Å². The second-order valence-corrected chi connectivity index (χ2v) is 7.65. The Hall–Kier alpha value is -2.35. The van der Waals surface area contributed by atoms with E-state index in [9.17, 15) is 9.59 Å². The van der Waals surface area contributed by atoms with Crippen LogP contribution >= 0.6 is 11.8 Å². The van der Waals surface area contributed by atoms with E-state index in [1.54, 1.807) is 0 Å². The second-order valence-electron chi connectivity index (χ2n) is 6.72. The SMILES string of the molecule is CCNC(=O)CNC(=O)CSc1nnc(-c2ccc(C(C)(C)C)cc2)o1. The number of thioether (sulfide) groups is 1. The Morgan fingerprint density at radius 2 is 1.77 bits per heavy atom. The Bertz CT molecular complexity index is 751. The zero-order chi connectivity index (χ0) is 19.2. The van der Waals surface area contributed by atoms with E-state index in [2.05, 4.69) is 41.6 Å². The predicted octanol–water partition coefficient (Wildman–Crippen LogP) is 2.38. The number of nitrogens with zero attached hydrogens (tertiary/aromatic N) is 2. The third-order valence-electron chi connectivity index (χ3n) is 3.55. The van der Waals surface area contributed by atoms with E-state index in [0.717, 1.165) is 17.3 Å². The molecule has 0 aliphatic rings. The molecule has 0 spiro atoms. The van der Waals surface area contributed by atoms with Crippen molar-refractivity contribution < 1.29 is 14.0 Å². The summed E-state index contributed by atoms with van der Waals surface area (Å²) in [7, 11) is 0. The van der Waals surface area contributed by atoms with Gasteiger partial charge in [0.25, 0.3) is 5.22 Å². The quantitative estimate of drug-likeness (QED) is 0.720.